The average molecular weight is 214 g/mol. The predicted molar refractivity (Wildman–Crippen MR) is 60.6 cm³/mol. The molecule has 0 aliphatic heterocycles. The number of halogens is 1. The molecule has 0 radical (unpaired) electrons. The molecule has 0 aromatic rings. The molecule has 1 aliphatic carbocycles. The van der Waals surface area contributed by atoms with Crippen LogP contribution in [0, 0.1) is 0 Å². The van der Waals surface area contributed by atoms with Crippen molar-refractivity contribution in [2.45, 2.75) is 12.5 Å². The van der Waals surface area contributed by atoms with Gasteiger partial charge in [0.05, 0.1) is 6.10 Å². The molecule has 0 bridgehead atoms. The maximum absolute atomic E-state index is 9.20. The second kappa shape index (κ2) is 6.82. The Morgan fingerprint density at radius 3 is 3.14 bits per heavy atom. The van der Waals surface area contributed by atoms with E-state index in [2.05, 4.69) is 23.5 Å². The van der Waals surface area contributed by atoms with Crippen LogP contribution in [0.3, 0.4) is 0 Å². The Morgan fingerprint density at radius 2 is 2.36 bits per heavy atom. The molecule has 0 heterocycles. The van der Waals surface area contributed by atoms with E-state index in [1.807, 2.05) is 12.2 Å². The van der Waals surface area contributed by atoms with Crippen LogP contribution in [0.2, 0.25) is 0 Å². The van der Waals surface area contributed by atoms with Gasteiger partial charge in [-0.2, -0.15) is 0 Å². The zero-order valence-electron chi connectivity index (χ0n) is 8.12. The molecule has 0 saturated heterocycles. The van der Waals surface area contributed by atoms with Gasteiger partial charge in [0, 0.05) is 19.0 Å². The van der Waals surface area contributed by atoms with Gasteiger partial charge in [0.2, 0.25) is 0 Å². The lowest BCUT2D eigenvalue weighted by Crippen LogP contribution is -2.29. The van der Waals surface area contributed by atoms with Gasteiger partial charge >= 0.3 is 0 Å². The van der Waals surface area contributed by atoms with Crippen LogP contribution in [0.15, 0.2) is 36.0 Å². The third kappa shape index (κ3) is 4.61. The van der Waals surface area contributed by atoms with E-state index in [0.717, 1.165) is 13.0 Å². The van der Waals surface area contributed by atoms with Crippen LogP contribution in [-0.2, 0) is 0 Å². The molecule has 14 heavy (non-hydrogen) atoms. The highest BCUT2D eigenvalue weighted by Gasteiger charge is 2.00. The molecular formula is C11H16ClNO. The van der Waals surface area contributed by atoms with Gasteiger partial charge in [0.1, 0.15) is 0 Å². The molecule has 0 unspecified atom stereocenters. The van der Waals surface area contributed by atoms with Crippen LogP contribution in [0.4, 0.5) is 0 Å². The van der Waals surface area contributed by atoms with Crippen LogP contribution < -0.4 is 5.32 Å². The van der Waals surface area contributed by atoms with Crippen molar-refractivity contribution in [3.8, 4) is 0 Å². The molecule has 0 saturated carbocycles. The lowest BCUT2D eigenvalue weighted by atomic mass is 10.2. The van der Waals surface area contributed by atoms with Gasteiger partial charge in [-0.05, 0) is 12.0 Å². The van der Waals surface area contributed by atoms with Crippen molar-refractivity contribution in [1.29, 1.82) is 0 Å². The average Bonchev–Trinajstić information content (AvgIpc) is 2.46. The normalized spacial score (nSPS) is 17.7. The highest BCUT2D eigenvalue weighted by Crippen LogP contribution is 2.03. The summed E-state index contributed by atoms with van der Waals surface area (Å²) >= 11 is 5.47. The van der Waals surface area contributed by atoms with Crippen molar-refractivity contribution in [2.24, 2.45) is 0 Å². The Labute approximate surface area is 90.0 Å². The van der Waals surface area contributed by atoms with Gasteiger partial charge in [0.15, 0.2) is 0 Å². The van der Waals surface area contributed by atoms with Crippen LogP contribution in [0.5, 0.6) is 0 Å². The molecule has 1 rings (SSSR count). The monoisotopic (exact) mass is 213 g/mol. The molecular weight excluding hydrogens is 198 g/mol. The van der Waals surface area contributed by atoms with E-state index in [1.54, 1.807) is 0 Å². The number of rotatable bonds is 5. The van der Waals surface area contributed by atoms with Crippen LogP contribution in [-0.4, -0.2) is 30.2 Å². The number of aliphatic hydroxyl groups excluding tert-OH is 1. The first-order chi connectivity index (χ1) is 6.83. The quantitative estimate of drug-likeness (QED) is 0.681. The maximum atomic E-state index is 9.20. The molecule has 2 nitrogen and oxygen atoms in total. The molecule has 0 aromatic heterocycles. The second-order valence-electron chi connectivity index (χ2n) is 3.24. The summed E-state index contributed by atoms with van der Waals surface area (Å²) in [5.41, 5.74) is 1.25. The van der Waals surface area contributed by atoms with E-state index in [0.29, 0.717) is 6.54 Å². The summed E-state index contributed by atoms with van der Waals surface area (Å²) in [6, 6.07) is 0. The Hall–Kier alpha value is -0.570. The fourth-order valence-corrected chi connectivity index (χ4v) is 1.30. The highest BCUT2D eigenvalue weighted by molar-refractivity contribution is 6.18. The van der Waals surface area contributed by atoms with Gasteiger partial charge in [0.25, 0.3) is 0 Å². The molecule has 1 atom stereocenters. The minimum absolute atomic E-state index is 0.281. The summed E-state index contributed by atoms with van der Waals surface area (Å²) in [5.74, 6) is 0.281. The number of alkyl halides is 1. The topological polar surface area (TPSA) is 32.3 Å². The molecule has 3 heteroatoms. The van der Waals surface area contributed by atoms with Gasteiger partial charge in [-0.15, -0.1) is 11.6 Å². The van der Waals surface area contributed by atoms with E-state index in [1.165, 1.54) is 5.57 Å². The largest absolute Gasteiger partial charge is 0.391 e. The van der Waals surface area contributed by atoms with Crippen molar-refractivity contribution in [2.75, 3.05) is 19.0 Å². The first-order valence-electron chi connectivity index (χ1n) is 4.80. The van der Waals surface area contributed by atoms with Crippen LogP contribution >= 0.6 is 11.6 Å². The van der Waals surface area contributed by atoms with Gasteiger partial charge in [-0.25, -0.2) is 0 Å². The number of hydrogen-bond donors (Lipinski definition) is 2. The fourth-order valence-electron chi connectivity index (χ4n) is 1.19. The first-order valence-corrected chi connectivity index (χ1v) is 5.33. The maximum Gasteiger partial charge on any atom is 0.0799 e. The van der Waals surface area contributed by atoms with Crippen LogP contribution in [0.1, 0.15) is 6.42 Å². The zero-order valence-corrected chi connectivity index (χ0v) is 8.87. The van der Waals surface area contributed by atoms with E-state index in [-0.39, 0.29) is 5.88 Å². The van der Waals surface area contributed by atoms with E-state index >= 15 is 0 Å². The van der Waals surface area contributed by atoms with Crippen molar-refractivity contribution in [3.05, 3.63) is 36.0 Å². The van der Waals surface area contributed by atoms with Crippen molar-refractivity contribution < 1.29 is 5.11 Å². The molecule has 0 aromatic carbocycles. The van der Waals surface area contributed by atoms with Crippen molar-refractivity contribution in [1.82, 2.24) is 5.32 Å². The SMILES string of the molecule is O[C@@H](CCl)CNCC1=CCC=CC=C1. The summed E-state index contributed by atoms with van der Waals surface area (Å²) in [6.07, 6.45) is 10.9. The minimum atomic E-state index is -0.454. The lowest BCUT2D eigenvalue weighted by Gasteiger charge is -2.08. The lowest BCUT2D eigenvalue weighted by molar-refractivity contribution is 0.196. The highest BCUT2D eigenvalue weighted by atomic mass is 35.5. The first kappa shape index (κ1) is 11.5. The van der Waals surface area contributed by atoms with Crippen LogP contribution in [0.25, 0.3) is 0 Å². The number of nitrogens with one attached hydrogen (secondary N) is 1. The standard InChI is InChI=1S/C11H16ClNO/c12-7-11(14)9-13-8-10-5-3-1-2-4-6-10/h1-3,5-6,11,13-14H,4,7-9H2/t11-/m0/s1. The summed E-state index contributed by atoms with van der Waals surface area (Å²) in [4.78, 5) is 0. The number of aliphatic hydroxyl groups is 1. The number of allylic oxidation sites excluding steroid dienone is 4. The Bertz CT molecular complexity index is 246. The fraction of sp³-hybridized carbons (Fsp3) is 0.455. The third-order valence-electron chi connectivity index (χ3n) is 1.96. The summed E-state index contributed by atoms with van der Waals surface area (Å²) in [7, 11) is 0. The Kier molecular flexibility index (Phi) is 5.60. The van der Waals surface area contributed by atoms with Gasteiger partial charge < -0.3 is 10.4 Å². The predicted octanol–water partition coefficient (Wildman–Crippen LogP) is 1.62. The third-order valence-corrected chi connectivity index (χ3v) is 2.32. The Morgan fingerprint density at radius 1 is 1.50 bits per heavy atom. The van der Waals surface area contributed by atoms with Gasteiger partial charge in [-0.3, -0.25) is 0 Å². The second-order valence-corrected chi connectivity index (χ2v) is 3.55. The zero-order chi connectivity index (χ0) is 10.2. The molecule has 0 fully saturated rings. The van der Waals surface area contributed by atoms with E-state index in [4.69, 9.17) is 11.6 Å². The van der Waals surface area contributed by atoms with E-state index in [9.17, 15) is 5.11 Å². The smallest absolute Gasteiger partial charge is 0.0799 e. The number of hydrogen-bond acceptors (Lipinski definition) is 2. The Balaban J connectivity index is 2.21. The van der Waals surface area contributed by atoms with Crippen molar-refractivity contribution >= 4 is 11.6 Å². The molecule has 78 valence electrons. The molecule has 2 N–H and O–H groups in total. The molecule has 1 aliphatic rings. The van der Waals surface area contributed by atoms with Crippen molar-refractivity contribution in [3.63, 3.8) is 0 Å². The molecule has 0 spiro atoms. The summed E-state index contributed by atoms with van der Waals surface area (Å²) in [5, 5.41) is 12.4. The summed E-state index contributed by atoms with van der Waals surface area (Å²) in [6.45, 7) is 1.33. The van der Waals surface area contributed by atoms with Gasteiger partial charge in [-0.1, -0.05) is 30.4 Å². The summed E-state index contributed by atoms with van der Waals surface area (Å²) < 4.78 is 0. The molecule has 0 amide bonds. The minimum Gasteiger partial charge on any atom is -0.391 e. The van der Waals surface area contributed by atoms with E-state index < -0.39 is 6.10 Å².